The Bertz CT molecular complexity index is 898. The number of hydrogen-bond acceptors (Lipinski definition) is 5. The molecule has 0 bridgehead atoms. The normalized spacial score (nSPS) is 14.7. The Balaban J connectivity index is 1.64. The van der Waals surface area contributed by atoms with Crippen molar-refractivity contribution < 1.29 is 24.0 Å². The second kappa shape index (κ2) is 12.7. The zero-order chi connectivity index (χ0) is 24.4. The van der Waals surface area contributed by atoms with E-state index in [1.54, 1.807) is 38.1 Å². The number of carbonyl (C=O) groups is 5. The van der Waals surface area contributed by atoms with Gasteiger partial charge in [-0.3, -0.25) is 28.9 Å². The molecule has 0 aromatic heterocycles. The standard InChI is InChI=1S/C23H29ClN4O5/c1-15(25-19(29)6-4-3-5-13-28-20(30)11-12-21(28)31)22(32)26-16(2)23(33)27-18-9-7-17(14-24)8-10-18/h7-12,15-16H,3-6,13-14H2,1-2H3,(H,25,29)(H,26,32)(H,27,33)/t15-,16-/m0/s1. The van der Waals surface area contributed by atoms with Crippen molar-refractivity contribution in [2.24, 2.45) is 0 Å². The fourth-order valence-corrected chi connectivity index (χ4v) is 3.27. The molecule has 3 N–H and O–H groups in total. The molecule has 1 heterocycles. The molecular formula is C23H29ClN4O5. The quantitative estimate of drug-likeness (QED) is 0.241. The molecule has 9 nitrogen and oxygen atoms in total. The zero-order valence-electron chi connectivity index (χ0n) is 18.7. The number of carbonyl (C=O) groups excluding carboxylic acids is 5. The first-order chi connectivity index (χ1) is 15.7. The van der Waals surface area contributed by atoms with Crippen LogP contribution < -0.4 is 16.0 Å². The van der Waals surface area contributed by atoms with Crippen LogP contribution in [0.5, 0.6) is 0 Å². The molecule has 1 aliphatic rings. The van der Waals surface area contributed by atoms with Crippen LogP contribution in [0, 0.1) is 0 Å². The van der Waals surface area contributed by atoms with Gasteiger partial charge in [0.25, 0.3) is 11.8 Å². The van der Waals surface area contributed by atoms with E-state index >= 15 is 0 Å². The SMILES string of the molecule is C[C@H](NC(=O)CCCCCN1C(=O)C=CC1=O)C(=O)N[C@@H](C)C(=O)Nc1ccc(CCl)cc1. The Morgan fingerprint density at radius 2 is 1.48 bits per heavy atom. The van der Waals surface area contributed by atoms with E-state index in [2.05, 4.69) is 16.0 Å². The summed E-state index contributed by atoms with van der Waals surface area (Å²) in [7, 11) is 0. The van der Waals surface area contributed by atoms with Gasteiger partial charge < -0.3 is 16.0 Å². The molecule has 1 aromatic rings. The molecule has 0 aliphatic carbocycles. The molecule has 5 amide bonds. The third kappa shape index (κ3) is 8.34. The van der Waals surface area contributed by atoms with Crippen molar-refractivity contribution in [1.82, 2.24) is 15.5 Å². The molecule has 178 valence electrons. The average molecular weight is 477 g/mol. The maximum absolute atomic E-state index is 12.3. The third-order valence-corrected chi connectivity index (χ3v) is 5.39. The maximum Gasteiger partial charge on any atom is 0.253 e. The fraction of sp³-hybridized carbons (Fsp3) is 0.435. The predicted molar refractivity (Wildman–Crippen MR) is 124 cm³/mol. The number of amides is 5. The largest absolute Gasteiger partial charge is 0.345 e. The van der Waals surface area contributed by atoms with Crippen LogP contribution in [-0.2, 0) is 29.9 Å². The molecule has 0 unspecified atom stereocenters. The monoisotopic (exact) mass is 476 g/mol. The Labute approximate surface area is 197 Å². The first kappa shape index (κ1) is 26.1. The molecule has 2 rings (SSSR count). The molecule has 33 heavy (non-hydrogen) atoms. The highest BCUT2D eigenvalue weighted by Gasteiger charge is 2.23. The second-order valence-corrected chi connectivity index (χ2v) is 8.08. The van der Waals surface area contributed by atoms with Gasteiger partial charge in [-0.25, -0.2) is 0 Å². The summed E-state index contributed by atoms with van der Waals surface area (Å²) >= 11 is 5.74. The minimum Gasteiger partial charge on any atom is -0.345 e. The van der Waals surface area contributed by atoms with Crippen LogP contribution in [0.3, 0.4) is 0 Å². The third-order valence-electron chi connectivity index (χ3n) is 5.08. The number of rotatable bonds is 12. The van der Waals surface area contributed by atoms with E-state index in [1.165, 1.54) is 17.1 Å². The van der Waals surface area contributed by atoms with Crippen molar-refractivity contribution in [2.75, 3.05) is 11.9 Å². The Morgan fingerprint density at radius 3 is 2.09 bits per heavy atom. The molecule has 10 heteroatoms. The molecule has 2 atom stereocenters. The summed E-state index contributed by atoms with van der Waals surface area (Å²) in [6.07, 6.45) is 4.52. The second-order valence-electron chi connectivity index (χ2n) is 7.81. The summed E-state index contributed by atoms with van der Waals surface area (Å²) in [6, 6.07) is 5.45. The van der Waals surface area contributed by atoms with Gasteiger partial charge in [0.15, 0.2) is 0 Å². The number of nitrogens with one attached hydrogen (secondary N) is 3. The number of benzene rings is 1. The lowest BCUT2D eigenvalue weighted by molar-refractivity contribution is -0.137. The number of halogens is 1. The van der Waals surface area contributed by atoms with Crippen molar-refractivity contribution in [3.05, 3.63) is 42.0 Å². The van der Waals surface area contributed by atoms with Crippen LogP contribution in [-0.4, -0.2) is 53.1 Å². The van der Waals surface area contributed by atoms with Crippen molar-refractivity contribution in [1.29, 1.82) is 0 Å². The van der Waals surface area contributed by atoms with Crippen LogP contribution in [0.25, 0.3) is 0 Å². The van der Waals surface area contributed by atoms with Crippen LogP contribution in [0.4, 0.5) is 5.69 Å². The molecule has 0 radical (unpaired) electrons. The first-order valence-corrected chi connectivity index (χ1v) is 11.3. The number of imide groups is 1. The number of alkyl halides is 1. The van der Waals surface area contributed by atoms with E-state index in [4.69, 9.17) is 11.6 Å². The molecule has 1 aliphatic heterocycles. The van der Waals surface area contributed by atoms with Gasteiger partial charge in [0, 0.05) is 36.7 Å². The summed E-state index contributed by atoms with van der Waals surface area (Å²) in [5, 5.41) is 7.90. The Hall–Kier alpha value is -3.20. The van der Waals surface area contributed by atoms with Gasteiger partial charge >= 0.3 is 0 Å². The van der Waals surface area contributed by atoms with Gasteiger partial charge in [0.2, 0.25) is 17.7 Å². The van der Waals surface area contributed by atoms with Gasteiger partial charge in [-0.1, -0.05) is 18.6 Å². The number of anilines is 1. The lowest BCUT2D eigenvalue weighted by Crippen LogP contribution is -2.50. The van der Waals surface area contributed by atoms with Crippen LogP contribution >= 0.6 is 11.6 Å². The smallest absolute Gasteiger partial charge is 0.253 e. The summed E-state index contributed by atoms with van der Waals surface area (Å²) in [4.78, 5) is 60.8. The van der Waals surface area contributed by atoms with Gasteiger partial charge in [-0.05, 0) is 44.4 Å². The summed E-state index contributed by atoms with van der Waals surface area (Å²) < 4.78 is 0. The fourth-order valence-electron chi connectivity index (χ4n) is 3.09. The van der Waals surface area contributed by atoms with E-state index in [0.29, 0.717) is 37.4 Å². The summed E-state index contributed by atoms with van der Waals surface area (Å²) in [6.45, 7) is 3.42. The topological polar surface area (TPSA) is 125 Å². The van der Waals surface area contributed by atoms with E-state index in [1.807, 2.05) is 0 Å². The van der Waals surface area contributed by atoms with Gasteiger partial charge in [-0.15, -0.1) is 11.6 Å². The van der Waals surface area contributed by atoms with Crippen molar-refractivity contribution in [3.8, 4) is 0 Å². The molecule has 0 saturated carbocycles. The van der Waals surface area contributed by atoms with E-state index in [-0.39, 0.29) is 30.0 Å². The highest BCUT2D eigenvalue weighted by Crippen LogP contribution is 2.11. The van der Waals surface area contributed by atoms with E-state index < -0.39 is 18.0 Å². The molecule has 0 saturated heterocycles. The average Bonchev–Trinajstić information content (AvgIpc) is 3.11. The van der Waals surface area contributed by atoms with Gasteiger partial charge in [-0.2, -0.15) is 0 Å². The van der Waals surface area contributed by atoms with Crippen molar-refractivity contribution >= 4 is 46.8 Å². The first-order valence-electron chi connectivity index (χ1n) is 10.8. The zero-order valence-corrected chi connectivity index (χ0v) is 19.5. The maximum atomic E-state index is 12.3. The molecular weight excluding hydrogens is 448 g/mol. The molecule has 0 fully saturated rings. The molecule has 1 aromatic carbocycles. The summed E-state index contributed by atoms with van der Waals surface area (Å²) in [5.41, 5.74) is 1.51. The highest BCUT2D eigenvalue weighted by atomic mass is 35.5. The van der Waals surface area contributed by atoms with Crippen LogP contribution in [0.1, 0.15) is 45.1 Å². The minimum atomic E-state index is -0.804. The lowest BCUT2D eigenvalue weighted by atomic mass is 10.1. The van der Waals surface area contributed by atoms with Crippen molar-refractivity contribution in [2.45, 2.75) is 57.5 Å². The highest BCUT2D eigenvalue weighted by molar-refractivity contribution is 6.17. The van der Waals surface area contributed by atoms with E-state index in [0.717, 1.165) is 5.56 Å². The van der Waals surface area contributed by atoms with Gasteiger partial charge in [0.1, 0.15) is 12.1 Å². The number of nitrogens with zero attached hydrogens (tertiary/aromatic N) is 1. The van der Waals surface area contributed by atoms with Crippen LogP contribution in [0.15, 0.2) is 36.4 Å². The van der Waals surface area contributed by atoms with Crippen molar-refractivity contribution in [3.63, 3.8) is 0 Å². The number of unbranched alkanes of at least 4 members (excludes halogenated alkanes) is 2. The predicted octanol–water partition coefficient (Wildman–Crippen LogP) is 1.86. The number of hydrogen-bond donors (Lipinski definition) is 3. The lowest BCUT2D eigenvalue weighted by Gasteiger charge is -2.18. The Kier molecular flexibility index (Phi) is 10.1. The molecule has 0 spiro atoms. The van der Waals surface area contributed by atoms with Crippen LogP contribution in [0.2, 0.25) is 0 Å². The van der Waals surface area contributed by atoms with Gasteiger partial charge in [0.05, 0.1) is 0 Å². The minimum absolute atomic E-state index is 0.214. The van der Waals surface area contributed by atoms with E-state index in [9.17, 15) is 24.0 Å². The Morgan fingerprint density at radius 1 is 0.879 bits per heavy atom. The summed E-state index contributed by atoms with van der Waals surface area (Å²) in [5.74, 6) is -1.39.